The van der Waals surface area contributed by atoms with E-state index in [-0.39, 0.29) is 30.2 Å². The lowest BCUT2D eigenvalue weighted by molar-refractivity contribution is -0.144. The van der Waals surface area contributed by atoms with Crippen molar-refractivity contribution in [3.05, 3.63) is 0 Å². The predicted octanol–water partition coefficient (Wildman–Crippen LogP) is 2.39. The van der Waals surface area contributed by atoms with Crippen LogP contribution in [0.5, 0.6) is 0 Å². The first kappa shape index (κ1) is 29.9. The monoisotopic (exact) mass is 585 g/mol. The molecule has 1 saturated heterocycles. The number of rotatable bonds is 9. The number of hydrogen-bond acceptors (Lipinski definition) is 5. The van der Waals surface area contributed by atoms with Crippen molar-refractivity contribution >= 4 is 52.7 Å². The van der Waals surface area contributed by atoms with E-state index in [0.29, 0.717) is 6.42 Å². The highest BCUT2D eigenvalue weighted by Crippen LogP contribution is 2.65. The number of nitrogens with zero attached hydrogens (tertiary/aromatic N) is 1. The van der Waals surface area contributed by atoms with Crippen LogP contribution in [-0.4, -0.2) is 69.0 Å². The molecule has 0 aromatic heterocycles. The summed E-state index contributed by atoms with van der Waals surface area (Å²) in [5.41, 5.74) is 4.78. The second-order valence-electron chi connectivity index (χ2n) is 12.8. The van der Waals surface area contributed by atoms with Crippen molar-refractivity contribution in [1.29, 1.82) is 0 Å². The minimum atomic E-state index is -1.17. The largest absolute Gasteiger partial charge is 0.363 e. The Kier molecular flexibility index (Phi) is 8.76. The van der Waals surface area contributed by atoms with Gasteiger partial charge in [-0.05, 0) is 51.9 Å². The lowest BCUT2D eigenvalue weighted by atomic mass is 9.80. The van der Waals surface area contributed by atoms with Crippen LogP contribution >= 0.6 is 23.2 Å². The molecule has 3 aliphatic carbocycles. The van der Waals surface area contributed by atoms with Gasteiger partial charge in [-0.2, -0.15) is 0 Å². The van der Waals surface area contributed by atoms with Crippen LogP contribution in [0, 0.1) is 23.7 Å². The average Bonchev–Trinajstić information content (AvgIpc) is 3.15. The van der Waals surface area contributed by atoms with E-state index in [1.807, 2.05) is 20.8 Å². The molecule has 5 amide bonds. The highest BCUT2D eigenvalue weighted by atomic mass is 35.5. The van der Waals surface area contributed by atoms with Crippen molar-refractivity contribution in [3.8, 4) is 0 Å². The van der Waals surface area contributed by atoms with Gasteiger partial charge in [0.2, 0.25) is 17.6 Å². The Morgan fingerprint density at radius 2 is 1.62 bits per heavy atom. The zero-order valence-corrected chi connectivity index (χ0v) is 24.4. The fourth-order valence-electron chi connectivity index (χ4n) is 6.40. The Bertz CT molecular complexity index is 1010. The summed E-state index contributed by atoms with van der Waals surface area (Å²) < 4.78 is -1.17. The maximum atomic E-state index is 14.1. The quantitative estimate of drug-likeness (QED) is 0.242. The SMILES string of the molecule is CC(C)(C)NC(=O)N[C@H](C(=O)N1CC2[C@@H]([C@H]1C(=O)NC(CC1CCC1)C(=O)C(N)=O)C2(Cl)Cl)C1CCCCC1. The van der Waals surface area contributed by atoms with Gasteiger partial charge in [-0.1, -0.05) is 38.5 Å². The first-order chi connectivity index (χ1) is 18.2. The van der Waals surface area contributed by atoms with Crippen LogP contribution in [0.15, 0.2) is 0 Å². The first-order valence-electron chi connectivity index (χ1n) is 14.1. The number of nitrogens with one attached hydrogen (secondary N) is 3. The van der Waals surface area contributed by atoms with Crippen molar-refractivity contribution in [2.45, 2.75) is 107 Å². The van der Waals surface area contributed by atoms with E-state index in [1.165, 1.54) is 4.90 Å². The van der Waals surface area contributed by atoms with Gasteiger partial charge in [0.15, 0.2) is 0 Å². The van der Waals surface area contributed by atoms with Crippen LogP contribution in [-0.2, 0) is 19.2 Å². The summed E-state index contributed by atoms with van der Waals surface area (Å²) in [6.07, 6.45) is 7.72. The fourth-order valence-corrected chi connectivity index (χ4v) is 7.23. The van der Waals surface area contributed by atoms with Crippen molar-refractivity contribution in [2.24, 2.45) is 29.4 Å². The van der Waals surface area contributed by atoms with Gasteiger partial charge >= 0.3 is 6.03 Å². The van der Waals surface area contributed by atoms with Crippen molar-refractivity contribution < 1.29 is 24.0 Å². The van der Waals surface area contributed by atoms with Gasteiger partial charge < -0.3 is 26.6 Å². The Morgan fingerprint density at radius 3 is 2.15 bits per heavy atom. The summed E-state index contributed by atoms with van der Waals surface area (Å²) in [5.74, 6) is -3.60. The second kappa shape index (κ2) is 11.4. The number of hydrogen-bond donors (Lipinski definition) is 4. The summed E-state index contributed by atoms with van der Waals surface area (Å²) >= 11 is 13.0. The summed E-state index contributed by atoms with van der Waals surface area (Å²) in [6, 6.07) is -3.37. The van der Waals surface area contributed by atoms with Gasteiger partial charge in [-0.3, -0.25) is 19.2 Å². The zero-order chi connectivity index (χ0) is 28.7. The summed E-state index contributed by atoms with van der Waals surface area (Å²) in [7, 11) is 0. The molecular weight excluding hydrogens is 545 g/mol. The molecule has 10 nitrogen and oxygen atoms in total. The molecule has 3 saturated carbocycles. The van der Waals surface area contributed by atoms with Crippen molar-refractivity contribution in [3.63, 3.8) is 0 Å². The van der Waals surface area contributed by atoms with Crippen LogP contribution in [0.1, 0.15) is 78.6 Å². The second-order valence-corrected chi connectivity index (χ2v) is 14.2. The van der Waals surface area contributed by atoms with Gasteiger partial charge in [0.25, 0.3) is 5.91 Å². The van der Waals surface area contributed by atoms with Crippen LogP contribution in [0.3, 0.4) is 0 Å². The molecule has 1 aliphatic heterocycles. The van der Waals surface area contributed by atoms with Gasteiger partial charge in [0.05, 0.1) is 6.04 Å². The molecule has 5 N–H and O–H groups in total. The van der Waals surface area contributed by atoms with E-state index < -0.39 is 57.5 Å². The van der Waals surface area contributed by atoms with E-state index >= 15 is 0 Å². The molecule has 4 fully saturated rings. The number of primary amides is 1. The number of amides is 5. The Hall–Kier alpha value is -2.07. The number of piperidine rings is 1. The molecule has 4 rings (SSSR count). The molecule has 0 bridgehead atoms. The van der Waals surface area contributed by atoms with Crippen molar-refractivity contribution in [2.75, 3.05) is 6.54 Å². The van der Waals surface area contributed by atoms with Gasteiger partial charge in [0, 0.05) is 23.9 Å². The van der Waals surface area contributed by atoms with Crippen LogP contribution in [0.2, 0.25) is 0 Å². The van der Waals surface area contributed by atoms with E-state index in [4.69, 9.17) is 28.9 Å². The number of Topliss-reactive ketones (excluding diaryl/α,β-unsaturated/α-hetero) is 1. The number of fused-ring (bicyclic) bond motifs is 1. The maximum absolute atomic E-state index is 14.1. The number of halogens is 2. The topological polar surface area (TPSA) is 151 Å². The van der Waals surface area contributed by atoms with Crippen LogP contribution < -0.4 is 21.7 Å². The van der Waals surface area contributed by atoms with E-state index in [0.717, 1.165) is 51.4 Å². The molecule has 2 unspecified atom stereocenters. The molecule has 5 atom stereocenters. The predicted molar refractivity (Wildman–Crippen MR) is 147 cm³/mol. The fraction of sp³-hybridized carbons (Fsp3) is 0.815. The minimum Gasteiger partial charge on any atom is -0.363 e. The number of ketones is 1. The molecule has 0 aromatic rings. The molecule has 0 aromatic carbocycles. The third-order valence-electron chi connectivity index (χ3n) is 8.72. The molecule has 39 heavy (non-hydrogen) atoms. The van der Waals surface area contributed by atoms with E-state index in [9.17, 15) is 24.0 Å². The van der Waals surface area contributed by atoms with Gasteiger partial charge in [-0.25, -0.2) is 4.79 Å². The van der Waals surface area contributed by atoms with E-state index in [1.54, 1.807) is 0 Å². The number of carbonyl (C=O) groups excluding carboxylic acids is 5. The maximum Gasteiger partial charge on any atom is 0.315 e. The minimum absolute atomic E-state index is 0.0721. The Morgan fingerprint density at radius 1 is 0.974 bits per heavy atom. The summed E-state index contributed by atoms with van der Waals surface area (Å²) in [4.78, 5) is 66.4. The number of carbonyl (C=O) groups is 5. The van der Waals surface area contributed by atoms with Gasteiger partial charge in [-0.15, -0.1) is 23.2 Å². The third-order valence-corrected chi connectivity index (χ3v) is 9.78. The molecule has 0 radical (unpaired) electrons. The smallest absolute Gasteiger partial charge is 0.315 e. The lowest BCUT2D eigenvalue weighted by Crippen LogP contribution is -2.61. The Balaban J connectivity index is 1.55. The number of urea groups is 1. The molecule has 1 heterocycles. The number of alkyl halides is 2. The normalized spacial score (nSPS) is 27.9. The van der Waals surface area contributed by atoms with Crippen LogP contribution in [0.4, 0.5) is 4.79 Å². The zero-order valence-electron chi connectivity index (χ0n) is 22.9. The number of nitrogens with two attached hydrogens (primary N) is 1. The summed E-state index contributed by atoms with van der Waals surface area (Å²) in [5, 5.41) is 8.45. The first-order valence-corrected chi connectivity index (χ1v) is 14.9. The molecule has 12 heteroatoms. The standard InChI is InChI=1S/C27H41Cl2N5O5/c1-26(2,3)33-25(39)32-19(15-10-5-4-6-11-15)24(38)34-13-16-18(27(16,28)29)20(34)23(37)31-17(21(35)22(30)36)12-14-8-7-9-14/h14-20H,4-13H2,1-3H3,(H2,30,36)(H,31,37)(H2,32,33,39)/t16?,17?,18-,19-,20-/m0/s1. The average molecular weight is 587 g/mol. The molecule has 0 spiro atoms. The van der Waals surface area contributed by atoms with Crippen molar-refractivity contribution in [1.82, 2.24) is 20.9 Å². The number of likely N-dealkylation sites (tertiary alicyclic amines) is 1. The molecule has 218 valence electrons. The van der Waals surface area contributed by atoms with Crippen LogP contribution in [0.25, 0.3) is 0 Å². The Labute approximate surface area is 239 Å². The lowest BCUT2D eigenvalue weighted by Gasteiger charge is -2.37. The highest BCUT2D eigenvalue weighted by Gasteiger charge is 2.74. The molecule has 4 aliphatic rings. The van der Waals surface area contributed by atoms with E-state index in [2.05, 4.69) is 16.0 Å². The summed E-state index contributed by atoms with van der Waals surface area (Å²) in [6.45, 7) is 5.72. The van der Waals surface area contributed by atoms with Gasteiger partial charge in [0.1, 0.15) is 16.4 Å². The third kappa shape index (κ3) is 6.64. The molecular formula is C27H41Cl2N5O5. The highest BCUT2D eigenvalue weighted by molar-refractivity contribution is 6.51.